The van der Waals surface area contributed by atoms with E-state index < -0.39 is 5.91 Å². The minimum Gasteiger partial charge on any atom is -0.496 e. The number of nitrogens with zero attached hydrogens (tertiary/aromatic N) is 1. The lowest BCUT2D eigenvalue weighted by molar-refractivity contribution is -0.111. The summed E-state index contributed by atoms with van der Waals surface area (Å²) in [5.41, 5.74) is 2.53. The summed E-state index contributed by atoms with van der Waals surface area (Å²) in [6.07, 6.45) is 0. The smallest absolute Gasteiger partial charge is 0.326 e. The van der Waals surface area contributed by atoms with Gasteiger partial charge in [0.1, 0.15) is 5.75 Å². The molecule has 0 saturated carbocycles. The van der Waals surface area contributed by atoms with Crippen molar-refractivity contribution in [2.24, 2.45) is 0 Å². The topological polar surface area (TPSA) is 62.1 Å². The van der Waals surface area contributed by atoms with Gasteiger partial charge in [-0.15, -0.1) is 0 Å². The van der Waals surface area contributed by atoms with E-state index in [2.05, 4.69) is 5.32 Å². The number of methoxy groups -OCH3 is 1. The normalized spacial score (nSPS) is 9.88. The Labute approximate surface area is 101 Å². The second-order valence-electron chi connectivity index (χ2n) is 4.13. The maximum absolute atomic E-state index is 11.1. The summed E-state index contributed by atoms with van der Waals surface area (Å²) in [5, 5.41) is 11.0. The molecule has 0 saturated heterocycles. The zero-order chi connectivity index (χ0) is 13.0. The van der Waals surface area contributed by atoms with Crippen molar-refractivity contribution in [2.75, 3.05) is 12.4 Å². The molecule has 1 N–H and O–H groups in total. The Bertz CT molecular complexity index is 473. The van der Waals surface area contributed by atoms with Crippen LogP contribution in [0.25, 0.3) is 0 Å². The lowest BCUT2D eigenvalue weighted by atomic mass is 9.99. The molecule has 90 valence electrons. The first-order valence-corrected chi connectivity index (χ1v) is 5.39. The van der Waals surface area contributed by atoms with Crippen LogP contribution < -0.4 is 10.1 Å². The maximum Gasteiger partial charge on any atom is 0.326 e. The van der Waals surface area contributed by atoms with E-state index in [-0.39, 0.29) is 5.92 Å². The lowest BCUT2D eigenvalue weighted by Gasteiger charge is -2.15. The van der Waals surface area contributed by atoms with Crippen LogP contribution in [0, 0.1) is 18.3 Å². The molecule has 0 radical (unpaired) electrons. The fourth-order valence-corrected chi connectivity index (χ4v) is 1.61. The number of hydrogen-bond donors (Lipinski definition) is 1. The van der Waals surface area contributed by atoms with E-state index in [4.69, 9.17) is 10.00 Å². The summed E-state index contributed by atoms with van der Waals surface area (Å²) < 4.78 is 5.30. The molecule has 0 aliphatic rings. The van der Waals surface area contributed by atoms with Crippen LogP contribution in [0.2, 0.25) is 0 Å². The molecule has 17 heavy (non-hydrogen) atoms. The highest BCUT2D eigenvalue weighted by atomic mass is 16.5. The van der Waals surface area contributed by atoms with Crippen molar-refractivity contribution < 1.29 is 9.53 Å². The van der Waals surface area contributed by atoms with Gasteiger partial charge in [-0.3, -0.25) is 4.79 Å². The summed E-state index contributed by atoms with van der Waals surface area (Å²) in [6.45, 7) is 5.95. The summed E-state index contributed by atoms with van der Waals surface area (Å²) in [6, 6.07) is 5.26. The highest BCUT2D eigenvalue weighted by molar-refractivity contribution is 6.02. The first-order chi connectivity index (χ1) is 7.99. The van der Waals surface area contributed by atoms with Crippen molar-refractivity contribution in [1.29, 1.82) is 5.26 Å². The van der Waals surface area contributed by atoms with Crippen LogP contribution in [-0.2, 0) is 4.79 Å². The third-order valence-electron chi connectivity index (χ3n) is 2.55. The molecule has 0 spiro atoms. The van der Waals surface area contributed by atoms with Crippen LogP contribution in [0.5, 0.6) is 5.75 Å². The van der Waals surface area contributed by atoms with E-state index in [0.717, 1.165) is 16.9 Å². The number of ether oxygens (including phenoxy) is 1. The number of aryl methyl sites for hydroxylation is 1. The molecule has 1 amide bonds. The number of carbonyl (C=O) groups is 1. The zero-order valence-electron chi connectivity index (χ0n) is 10.5. The van der Waals surface area contributed by atoms with Gasteiger partial charge in [0, 0.05) is 5.69 Å². The monoisotopic (exact) mass is 232 g/mol. The van der Waals surface area contributed by atoms with Gasteiger partial charge in [0.05, 0.1) is 7.11 Å². The molecular formula is C13H16N2O2. The van der Waals surface area contributed by atoms with Crippen molar-refractivity contribution in [1.82, 2.24) is 0 Å². The number of rotatable bonds is 3. The number of anilines is 1. The summed E-state index contributed by atoms with van der Waals surface area (Å²) in [5.74, 6) is 0.420. The average molecular weight is 232 g/mol. The summed E-state index contributed by atoms with van der Waals surface area (Å²) >= 11 is 0. The van der Waals surface area contributed by atoms with E-state index >= 15 is 0 Å². The van der Waals surface area contributed by atoms with Crippen LogP contribution in [0.4, 0.5) is 5.69 Å². The first-order valence-electron chi connectivity index (χ1n) is 5.39. The Kier molecular flexibility index (Phi) is 4.11. The highest BCUT2D eigenvalue weighted by Gasteiger charge is 2.12. The Morgan fingerprint density at radius 1 is 1.47 bits per heavy atom. The number of benzene rings is 1. The molecule has 0 heterocycles. The molecule has 0 unspecified atom stereocenters. The predicted octanol–water partition coefficient (Wildman–Crippen LogP) is 2.59. The second-order valence-corrected chi connectivity index (χ2v) is 4.13. The maximum atomic E-state index is 11.1. The molecule has 4 nitrogen and oxygen atoms in total. The standard InChI is InChI=1S/C13H16N2O2/c1-8(2)10-6-11(15-13(16)7-14)9(3)5-12(10)17-4/h5-6,8H,1-4H3,(H,15,16). The largest absolute Gasteiger partial charge is 0.496 e. The Hall–Kier alpha value is -2.02. The molecule has 0 atom stereocenters. The molecule has 0 bridgehead atoms. The van der Waals surface area contributed by atoms with Crippen molar-refractivity contribution in [3.8, 4) is 11.8 Å². The second kappa shape index (κ2) is 5.35. The average Bonchev–Trinajstić information content (AvgIpc) is 2.30. The van der Waals surface area contributed by atoms with Gasteiger partial charge < -0.3 is 10.1 Å². The lowest BCUT2D eigenvalue weighted by Crippen LogP contribution is -2.10. The molecule has 4 heteroatoms. The predicted molar refractivity (Wildman–Crippen MR) is 66.1 cm³/mol. The van der Waals surface area contributed by atoms with Crippen LogP contribution in [0.3, 0.4) is 0 Å². The van der Waals surface area contributed by atoms with Gasteiger partial charge in [0.25, 0.3) is 0 Å². The van der Waals surface area contributed by atoms with Crippen molar-refractivity contribution in [3.63, 3.8) is 0 Å². The van der Waals surface area contributed by atoms with Crippen molar-refractivity contribution >= 4 is 11.6 Å². The molecule has 0 aliphatic carbocycles. The van der Waals surface area contributed by atoms with Crippen LogP contribution in [0.15, 0.2) is 12.1 Å². The molecular weight excluding hydrogens is 216 g/mol. The van der Waals surface area contributed by atoms with Crippen LogP contribution in [-0.4, -0.2) is 13.0 Å². The number of carbonyl (C=O) groups excluding carboxylic acids is 1. The van der Waals surface area contributed by atoms with E-state index in [1.54, 1.807) is 7.11 Å². The quantitative estimate of drug-likeness (QED) is 0.815. The molecule has 1 rings (SSSR count). The Balaban J connectivity index is 3.20. The first kappa shape index (κ1) is 13.0. The molecule has 0 aliphatic heterocycles. The van der Waals surface area contributed by atoms with Gasteiger partial charge in [0.15, 0.2) is 6.07 Å². The minimum atomic E-state index is -0.659. The van der Waals surface area contributed by atoms with E-state index in [1.165, 1.54) is 6.07 Å². The SMILES string of the molecule is COc1cc(C)c(NC(=O)C#N)cc1C(C)C. The highest BCUT2D eigenvalue weighted by Crippen LogP contribution is 2.31. The number of nitrogens with one attached hydrogen (secondary N) is 1. The number of hydrogen-bond acceptors (Lipinski definition) is 3. The summed E-state index contributed by atoms with van der Waals surface area (Å²) in [7, 11) is 1.62. The molecule has 1 aromatic rings. The van der Waals surface area contributed by atoms with Gasteiger partial charge in [0.2, 0.25) is 0 Å². The van der Waals surface area contributed by atoms with E-state index in [9.17, 15) is 4.79 Å². The Morgan fingerprint density at radius 2 is 2.12 bits per heavy atom. The number of amides is 1. The minimum absolute atomic E-state index is 0.281. The Morgan fingerprint density at radius 3 is 2.59 bits per heavy atom. The van der Waals surface area contributed by atoms with Crippen molar-refractivity contribution in [2.45, 2.75) is 26.7 Å². The van der Waals surface area contributed by atoms with E-state index in [1.807, 2.05) is 32.9 Å². The fourth-order valence-electron chi connectivity index (χ4n) is 1.61. The zero-order valence-corrected chi connectivity index (χ0v) is 10.5. The number of nitriles is 1. The van der Waals surface area contributed by atoms with Crippen molar-refractivity contribution in [3.05, 3.63) is 23.3 Å². The van der Waals surface area contributed by atoms with Gasteiger partial charge in [-0.2, -0.15) is 5.26 Å². The molecule has 0 aromatic heterocycles. The van der Waals surface area contributed by atoms with E-state index in [0.29, 0.717) is 5.69 Å². The van der Waals surface area contributed by atoms with Crippen LogP contribution in [0.1, 0.15) is 30.9 Å². The molecule has 1 aromatic carbocycles. The fraction of sp³-hybridized carbons (Fsp3) is 0.385. The van der Waals surface area contributed by atoms with Gasteiger partial charge in [-0.1, -0.05) is 13.8 Å². The third kappa shape index (κ3) is 2.97. The van der Waals surface area contributed by atoms with Gasteiger partial charge >= 0.3 is 5.91 Å². The molecule has 0 fully saturated rings. The van der Waals surface area contributed by atoms with Gasteiger partial charge in [-0.05, 0) is 36.1 Å². The van der Waals surface area contributed by atoms with Gasteiger partial charge in [-0.25, -0.2) is 0 Å². The third-order valence-corrected chi connectivity index (χ3v) is 2.55. The van der Waals surface area contributed by atoms with Crippen LogP contribution >= 0.6 is 0 Å². The summed E-state index contributed by atoms with van der Waals surface area (Å²) in [4.78, 5) is 11.1.